The Morgan fingerprint density at radius 3 is 2.47 bits per heavy atom. The number of hydrogen-bond donors (Lipinski definition) is 2. The molecule has 0 radical (unpaired) electrons. The fourth-order valence-corrected chi connectivity index (χ4v) is 3.28. The first-order valence-corrected chi connectivity index (χ1v) is 10.5. The molecule has 0 saturated heterocycles. The van der Waals surface area contributed by atoms with E-state index in [9.17, 15) is 4.79 Å². The van der Waals surface area contributed by atoms with Crippen LogP contribution < -0.4 is 24.8 Å². The summed E-state index contributed by atoms with van der Waals surface area (Å²) in [6.45, 7) is 0.932. The lowest BCUT2D eigenvalue weighted by molar-refractivity contribution is -0.119. The van der Waals surface area contributed by atoms with Gasteiger partial charge in [0.15, 0.2) is 16.6 Å². The van der Waals surface area contributed by atoms with Gasteiger partial charge in [0.2, 0.25) is 5.91 Å². The quantitative estimate of drug-likeness (QED) is 0.396. The first-order valence-electron chi connectivity index (χ1n) is 9.29. The second-order valence-electron chi connectivity index (χ2n) is 6.27. The minimum Gasteiger partial charge on any atom is -0.493 e. The Bertz CT molecular complexity index is 880. The molecule has 0 spiro atoms. The molecule has 0 heterocycles. The molecule has 0 saturated carbocycles. The van der Waals surface area contributed by atoms with Crippen molar-refractivity contribution in [3.05, 3.63) is 52.0 Å². The topological polar surface area (TPSA) is 68.8 Å². The molecule has 2 aromatic rings. The summed E-state index contributed by atoms with van der Waals surface area (Å²) in [5, 5.41) is 6.96. The van der Waals surface area contributed by atoms with Gasteiger partial charge in [0.05, 0.1) is 25.8 Å². The molecule has 9 heteroatoms. The first kappa shape index (κ1) is 24.1. The molecular weight excluding hydrogens is 447 g/mol. The summed E-state index contributed by atoms with van der Waals surface area (Å²) in [5.41, 5.74) is 1.06. The van der Waals surface area contributed by atoms with Gasteiger partial charge in [0, 0.05) is 18.0 Å². The summed E-state index contributed by atoms with van der Waals surface area (Å²) < 4.78 is 16.1. The molecule has 0 atom stereocenters. The van der Waals surface area contributed by atoms with Crippen molar-refractivity contribution in [2.45, 2.75) is 19.3 Å². The molecule has 0 fully saturated rings. The number of thiocarbonyl (C=S) groups is 1. The van der Waals surface area contributed by atoms with Crippen molar-refractivity contribution in [1.29, 1.82) is 0 Å². The molecule has 2 N–H and O–H groups in total. The highest BCUT2D eigenvalue weighted by Gasteiger charge is 2.07. The molecule has 0 aliphatic heterocycles. The van der Waals surface area contributed by atoms with Crippen molar-refractivity contribution in [2.75, 3.05) is 27.4 Å². The lowest BCUT2D eigenvalue weighted by atomic mass is 10.1. The van der Waals surface area contributed by atoms with Crippen LogP contribution in [0.2, 0.25) is 10.0 Å². The highest BCUT2D eigenvalue weighted by molar-refractivity contribution is 7.80. The van der Waals surface area contributed by atoms with Gasteiger partial charge in [-0.3, -0.25) is 4.79 Å². The van der Waals surface area contributed by atoms with Crippen LogP contribution in [0.3, 0.4) is 0 Å². The summed E-state index contributed by atoms with van der Waals surface area (Å²) in [7, 11) is 3.19. The molecule has 2 aromatic carbocycles. The number of carbonyl (C=O) groups is 1. The predicted molar refractivity (Wildman–Crippen MR) is 123 cm³/mol. The van der Waals surface area contributed by atoms with E-state index < -0.39 is 0 Å². The zero-order valence-electron chi connectivity index (χ0n) is 16.8. The van der Waals surface area contributed by atoms with Gasteiger partial charge in [-0.1, -0.05) is 29.3 Å². The van der Waals surface area contributed by atoms with E-state index in [0.717, 1.165) is 5.56 Å². The lowest BCUT2D eigenvalue weighted by Gasteiger charge is -2.12. The van der Waals surface area contributed by atoms with E-state index in [1.54, 1.807) is 32.4 Å². The average Bonchev–Trinajstić information content (AvgIpc) is 2.72. The van der Waals surface area contributed by atoms with E-state index in [1.165, 1.54) is 0 Å². The van der Waals surface area contributed by atoms with Crippen molar-refractivity contribution in [1.82, 2.24) is 10.6 Å². The summed E-state index contributed by atoms with van der Waals surface area (Å²) in [6, 6.07) is 10.7. The third-order valence-electron chi connectivity index (χ3n) is 4.10. The Hall–Kier alpha value is -2.22. The van der Waals surface area contributed by atoms with E-state index in [4.69, 9.17) is 49.6 Å². The van der Waals surface area contributed by atoms with Crippen molar-refractivity contribution < 1.29 is 19.0 Å². The van der Waals surface area contributed by atoms with E-state index in [0.29, 0.717) is 58.4 Å². The van der Waals surface area contributed by atoms with E-state index in [-0.39, 0.29) is 12.3 Å². The maximum absolute atomic E-state index is 12.0. The van der Waals surface area contributed by atoms with Crippen LogP contribution in [0.25, 0.3) is 0 Å². The molecular formula is C21H24Cl2N2O4S. The minimum absolute atomic E-state index is 0.176. The molecule has 6 nitrogen and oxygen atoms in total. The Morgan fingerprint density at radius 2 is 1.77 bits per heavy atom. The van der Waals surface area contributed by atoms with Gasteiger partial charge < -0.3 is 24.8 Å². The van der Waals surface area contributed by atoms with Gasteiger partial charge in [0.1, 0.15) is 5.75 Å². The summed E-state index contributed by atoms with van der Waals surface area (Å²) in [4.78, 5) is 12.0. The molecule has 162 valence electrons. The Labute approximate surface area is 191 Å². The van der Waals surface area contributed by atoms with E-state index >= 15 is 0 Å². The number of ether oxygens (including phenoxy) is 3. The van der Waals surface area contributed by atoms with Gasteiger partial charge in [-0.2, -0.15) is 0 Å². The molecule has 0 bridgehead atoms. The van der Waals surface area contributed by atoms with Crippen LogP contribution >= 0.6 is 35.4 Å². The Kier molecular flexibility index (Phi) is 10.00. The van der Waals surface area contributed by atoms with Gasteiger partial charge in [0.25, 0.3) is 0 Å². The molecule has 1 amide bonds. The van der Waals surface area contributed by atoms with Gasteiger partial charge in [-0.15, -0.1) is 0 Å². The van der Waals surface area contributed by atoms with Crippen LogP contribution in [0.1, 0.15) is 18.4 Å². The lowest BCUT2D eigenvalue weighted by Crippen LogP contribution is -2.40. The highest BCUT2D eigenvalue weighted by atomic mass is 35.5. The van der Waals surface area contributed by atoms with Crippen molar-refractivity contribution >= 4 is 46.4 Å². The monoisotopic (exact) mass is 470 g/mol. The van der Waals surface area contributed by atoms with Gasteiger partial charge in [-0.05, 0) is 61.0 Å². The second-order valence-corrected chi connectivity index (χ2v) is 7.52. The number of carbonyl (C=O) groups excluding carboxylic acids is 1. The summed E-state index contributed by atoms with van der Waals surface area (Å²) in [5.74, 6) is 1.71. The highest BCUT2D eigenvalue weighted by Crippen LogP contribution is 2.28. The molecule has 0 aromatic heterocycles. The maximum Gasteiger partial charge on any atom is 0.226 e. The number of hydrogen-bond acceptors (Lipinski definition) is 5. The number of halogens is 2. The number of methoxy groups -OCH3 is 2. The second kappa shape index (κ2) is 12.5. The third kappa shape index (κ3) is 7.89. The van der Waals surface area contributed by atoms with Crippen LogP contribution in [0.15, 0.2) is 36.4 Å². The molecule has 0 aliphatic rings. The Balaban J connectivity index is 1.64. The fraction of sp³-hybridized carbons (Fsp3) is 0.333. The SMILES string of the molecule is COc1ccc(CCNC(=S)NC(=O)CCCOc2ccc(Cl)cc2Cl)cc1OC. The average molecular weight is 471 g/mol. The van der Waals surface area contributed by atoms with Crippen LogP contribution in [-0.2, 0) is 11.2 Å². The smallest absolute Gasteiger partial charge is 0.226 e. The number of amides is 1. The van der Waals surface area contributed by atoms with Crippen LogP contribution in [-0.4, -0.2) is 38.4 Å². The zero-order valence-corrected chi connectivity index (χ0v) is 19.1. The van der Waals surface area contributed by atoms with Crippen molar-refractivity contribution in [3.8, 4) is 17.2 Å². The molecule has 2 rings (SSSR count). The fourth-order valence-electron chi connectivity index (χ4n) is 2.60. The third-order valence-corrected chi connectivity index (χ3v) is 4.88. The summed E-state index contributed by atoms with van der Waals surface area (Å²) in [6.07, 6.45) is 1.52. The molecule has 0 unspecified atom stereocenters. The van der Waals surface area contributed by atoms with Crippen molar-refractivity contribution in [3.63, 3.8) is 0 Å². The van der Waals surface area contributed by atoms with Crippen molar-refractivity contribution in [2.24, 2.45) is 0 Å². The first-order chi connectivity index (χ1) is 14.4. The molecule has 0 aliphatic carbocycles. The van der Waals surface area contributed by atoms with E-state index in [2.05, 4.69) is 10.6 Å². The molecule has 30 heavy (non-hydrogen) atoms. The van der Waals surface area contributed by atoms with Crippen LogP contribution in [0, 0.1) is 0 Å². The van der Waals surface area contributed by atoms with Crippen LogP contribution in [0.4, 0.5) is 0 Å². The number of benzene rings is 2. The van der Waals surface area contributed by atoms with Gasteiger partial charge >= 0.3 is 0 Å². The van der Waals surface area contributed by atoms with Crippen LogP contribution in [0.5, 0.6) is 17.2 Å². The maximum atomic E-state index is 12.0. The zero-order chi connectivity index (χ0) is 21.9. The largest absolute Gasteiger partial charge is 0.493 e. The minimum atomic E-state index is -0.176. The standard InChI is InChI=1S/C21H24Cl2N2O4S/c1-27-18-7-5-14(12-19(18)28-2)9-10-24-21(30)25-20(26)4-3-11-29-17-8-6-15(22)13-16(17)23/h5-8,12-13H,3-4,9-11H2,1-2H3,(H2,24,25,26,30). The predicted octanol–water partition coefficient (Wildman–Crippen LogP) is 4.40. The summed E-state index contributed by atoms with van der Waals surface area (Å²) >= 11 is 17.1. The van der Waals surface area contributed by atoms with Gasteiger partial charge in [-0.25, -0.2) is 0 Å². The Morgan fingerprint density at radius 1 is 1.03 bits per heavy atom. The normalized spacial score (nSPS) is 10.3. The van der Waals surface area contributed by atoms with E-state index in [1.807, 2.05) is 18.2 Å². The number of nitrogens with one attached hydrogen (secondary N) is 2. The number of rotatable bonds is 10.